The van der Waals surface area contributed by atoms with E-state index in [1.54, 1.807) is 10.5 Å². The van der Waals surface area contributed by atoms with Crippen LogP contribution in [-0.2, 0) is 0 Å². The highest BCUT2D eigenvalue weighted by Crippen LogP contribution is 2.45. The molecule has 1 rings (SSSR count). The Morgan fingerprint density at radius 1 is 1.25 bits per heavy atom. The molecule has 0 radical (unpaired) electrons. The monoisotopic (exact) mass is 198 g/mol. The van der Waals surface area contributed by atoms with Gasteiger partial charge >= 0.3 is 0 Å². The second kappa shape index (κ2) is 3.47. The van der Waals surface area contributed by atoms with Crippen molar-refractivity contribution < 1.29 is 0 Å². The number of rotatable bonds is 2. The summed E-state index contributed by atoms with van der Waals surface area (Å²) in [6.45, 7) is 12.1. The third kappa shape index (κ3) is 2.08. The molecule has 0 aliphatic heterocycles. The summed E-state index contributed by atoms with van der Waals surface area (Å²) in [6, 6.07) is 0. The Bertz CT molecular complexity index is 231. The Kier molecular flexibility index (Phi) is 2.95. The van der Waals surface area contributed by atoms with E-state index < -0.39 is 8.07 Å². The molecule has 0 aromatic heterocycles. The molecule has 0 fully saturated rings. The van der Waals surface area contributed by atoms with Gasteiger partial charge in [-0.1, -0.05) is 44.9 Å². The van der Waals surface area contributed by atoms with Crippen LogP contribution in [-0.4, -0.2) is 21.4 Å². The Morgan fingerprint density at radius 3 is 2.17 bits per heavy atom. The van der Waals surface area contributed by atoms with Gasteiger partial charge in [-0.3, -0.25) is 0 Å². The number of hydrogen-bond donors (Lipinski definition) is 0. The molecule has 1 aliphatic rings. The van der Waals surface area contributed by atoms with Crippen LogP contribution in [0.2, 0.25) is 19.6 Å². The molecule has 2 heteroatoms. The topological polar surface area (TPSA) is 0 Å². The molecule has 0 bridgehead atoms. The van der Waals surface area contributed by atoms with Gasteiger partial charge in [-0.05, 0) is 25.1 Å². The van der Waals surface area contributed by atoms with Crippen molar-refractivity contribution in [2.75, 3.05) is 13.3 Å². The third-order valence-electron chi connectivity index (χ3n) is 2.29. The van der Waals surface area contributed by atoms with E-state index in [9.17, 15) is 0 Å². The molecular formula is C10H19PSi. The smallest absolute Gasteiger partial charge is 0.0736 e. The maximum absolute atomic E-state index is 2.45. The molecule has 0 atom stereocenters. The lowest BCUT2D eigenvalue weighted by Gasteiger charge is -2.22. The Morgan fingerprint density at radius 2 is 1.83 bits per heavy atom. The van der Waals surface area contributed by atoms with Gasteiger partial charge in [0.05, 0.1) is 8.07 Å². The zero-order valence-electron chi connectivity index (χ0n) is 8.81. The van der Waals surface area contributed by atoms with E-state index in [1.807, 2.05) is 0 Å². The lowest BCUT2D eigenvalue weighted by Crippen LogP contribution is -2.23. The van der Waals surface area contributed by atoms with Crippen molar-refractivity contribution in [1.29, 1.82) is 0 Å². The Balaban J connectivity index is 2.97. The molecule has 68 valence electrons. The van der Waals surface area contributed by atoms with Gasteiger partial charge in [0.2, 0.25) is 0 Å². The Labute approximate surface area is 78.5 Å². The van der Waals surface area contributed by atoms with E-state index in [0.717, 1.165) is 0 Å². The van der Waals surface area contributed by atoms with Crippen LogP contribution in [0.4, 0.5) is 0 Å². The maximum atomic E-state index is 2.45. The van der Waals surface area contributed by atoms with Gasteiger partial charge in [-0.25, -0.2) is 0 Å². The third-order valence-corrected chi connectivity index (χ3v) is 6.17. The van der Waals surface area contributed by atoms with Gasteiger partial charge in [0.1, 0.15) is 0 Å². The van der Waals surface area contributed by atoms with E-state index in [-0.39, 0.29) is 7.92 Å². The maximum Gasteiger partial charge on any atom is 0.0736 e. The molecule has 1 aliphatic carbocycles. The van der Waals surface area contributed by atoms with E-state index >= 15 is 0 Å². The number of allylic oxidation sites excluding steroid dienone is 4. The average Bonchev–Trinajstić information content (AvgIpc) is 2.30. The minimum absolute atomic E-state index is 0.122. The van der Waals surface area contributed by atoms with Crippen LogP contribution in [0.15, 0.2) is 22.7 Å². The van der Waals surface area contributed by atoms with Crippen molar-refractivity contribution in [2.24, 2.45) is 0 Å². The molecule has 0 saturated heterocycles. The van der Waals surface area contributed by atoms with Crippen LogP contribution in [0, 0.1) is 0 Å². The molecule has 0 aromatic carbocycles. The largest absolute Gasteiger partial charge is 0.0822 e. The van der Waals surface area contributed by atoms with Crippen molar-refractivity contribution in [1.82, 2.24) is 0 Å². The summed E-state index contributed by atoms with van der Waals surface area (Å²) in [5, 5.41) is 3.47. The second-order valence-corrected chi connectivity index (χ2v) is 12.0. The zero-order chi connectivity index (χ0) is 9.35. The summed E-state index contributed by atoms with van der Waals surface area (Å²) in [6.07, 6.45) is 5.94. The fraction of sp³-hybridized carbons (Fsp3) is 0.600. The van der Waals surface area contributed by atoms with Crippen LogP contribution in [0.5, 0.6) is 0 Å². The van der Waals surface area contributed by atoms with Crippen LogP contribution in [0.1, 0.15) is 6.42 Å². The van der Waals surface area contributed by atoms with E-state index in [0.29, 0.717) is 0 Å². The lowest BCUT2D eigenvalue weighted by molar-refractivity contribution is 1.35. The fourth-order valence-electron chi connectivity index (χ4n) is 1.60. The molecule has 0 saturated carbocycles. The minimum Gasteiger partial charge on any atom is -0.0822 e. The summed E-state index contributed by atoms with van der Waals surface area (Å²) in [4.78, 5) is 0. The summed E-state index contributed by atoms with van der Waals surface area (Å²) in [5.74, 6) is 0. The van der Waals surface area contributed by atoms with Gasteiger partial charge in [0, 0.05) is 0 Å². The fourth-order valence-corrected chi connectivity index (χ4v) is 5.90. The molecular weight excluding hydrogens is 179 g/mol. The zero-order valence-corrected chi connectivity index (χ0v) is 10.7. The molecule has 0 spiro atoms. The van der Waals surface area contributed by atoms with E-state index in [2.05, 4.69) is 45.1 Å². The van der Waals surface area contributed by atoms with Gasteiger partial charge in [-0.2, -0.15) is 0 Å². The molecule has 0 N–H and O–H groups in total. The van der Waals surface area contributed by atoms with Crippen molar-refractivity contribution >= 4 is 16.0 Å². The van der Waals surface area contributed by atoms with Crippen molar-refractivity contribution in [2.45, 2.75) is 26.1 Å². The predicted molar refractivity (Wildman–Crippen MR) is 62.9 cm³/mol. The van der Waals surface area contributed by atoms with E-state index in [1.165, 1.54) is 6.42 Å². The summed E-state index contributed by atoms with van der Waals surface area (Å²) < 4.78 is 0. The minimum atomic E-state index is -1.02. The molecule has 0 nitrogen and oxygen atoms in total. The van der Waals surface area contributed by atoms with E-state index in [4.69, 9.17) is 0 Å². The molecule has 0 unspecified atom stereocenters. The first-order valence-electron chi connectivity index (χ1n) is 4.50. The SMILES string of the molecule is CP(C)C1=C([Si](C)(C)C)CC=C1. The predicted octanol–water partition coefficient (Wildman–Crippen LogP) is 3.82. The average molecular weight is 198 g/mol. The van der Waals surface area contributed by atoms with Crippen LogP contribution in [0.3, 0.4) is 0 Å². The summed E-state index contributed by atoms with van der Waals surface area (Å²) in [7, 11) is -0.894. The standard InChI is InChI=1S/C10H19PSi/c1-11(2)9-7-6-8-10(9)12(3,4)5/h6-7H,8H2,1-5H3. The number of hydrogen-bond acceptors (Lipinski definition) is 0. The highest BCUT2D eigenvalue weighted by molar-refractivity contribution is 7.61. The van der Waals surface area contributed by atoms with Gasteiger partial charge in [0.25, 0.3) is 0 Å². The molecule has 0 amide bonds. The molecule has 0 heterocycles. The van der Waals surface area contributed by atoms with Crippen molar-refractivity contribution in [3.63, 3.8) is 0 Å². The lowest BCUT2D eigenvalue weighted by atomic mass is 10.5. The first-order valence-corrected chi connectivity index (χ1v) is 10.2. The quantitative estimate of drug-likeness (QED) is 0.467. The molecule has 0 aromatic rings. The second-order valence-electron chi connectivity index (χ2n) is 4.61. The van der Waals surface area contributed by atoms with Crippen molar-refractivity contribution in [3.8, 4) is 0 Å². The van der Waals surface area contributed by atoms with Crippen LogP contribution < -0.4 is 0 Å². The highest BCUT2D eigenvalue weighted by Gasteiger charge is 2.24. The first-order chi connectivity index (χ1) is 5.43. The first kappa shape index (κ1) is 10.2. The normalized spacial score (nSPS) is 18.2. The van der Waals surface area contributed by atoms with Crippen molar-refractivity contribution in [3.05, 3.63) is 22.7 Å². The van der Waals surface area contributed by atoms with Crippen LogP contribution in [0.25, 0.3) is 0 Å². The molecule has 12 heavy (non-hydrogen) atoms. The van der Waals surface area contributed by atoms with Gasteiger partial charge < -0.3 is 0 Å². The summed E-state index contributed by atoms with van der Waals surface area (Å²) >= 11 is 0. The van der Waals surface area contributed by atoms with Gasteiger partial charge in [0.15, 0.2) is 0 Å². The summed E-state index contributed by atoms with van der Waals surface area (Å²) in [5.41, 5.74) is 0. The highest BCUT2D eigenvalue weighted by atomic mass is 31.1. The van der Waals surface area contributed by atoms with Gasteiger partial charge in [-0.15, -0.1) is 0 Å². The van der Waals surface area contributed by atoms with Crippen LogP contribution >= 0.6 is 7.92 Å². The Hall–Kier alpha value is 0.127.